The predicted octanol–water partition coefficient (Wildman–Crippen LogP) is 1.06. The fraction of sp³-hybridized carbons (Fsp3) is 0.267. The summed E-state index contributed by atoms with van der Waals surface area (Å²) < 4.78 is 1.98. The number of para-hydroxylation sites is 1. The van der Waals surface area contributed by atoms with Gasteiger partial charge in [-0.15, -0.1) is 12.4 Å². The molecule has 0 saturated heterocycles. The van der Waals surface area contributed by atoms with Gasteiger partial charge in [-0.05, 0) is 6.07 Å². The van der Waals surface area contributed by atoms with Crippen molar-refractivity contribution in [1.29, 1.82) is 0 Å². The van der Waals surface area contributed by atoms with Crippen LogP contribution in [-0.4, -0.2) is 39.1 Å². The summed E-state index contributed by atoms with van der Waals surface area (Å²) in [6.45, 7) is 1.28. The highest BCUT2D eigenvalue weighted by molar-refractivity contribution is 6.06. The SMILES string of the molecule is CN(Cc1nc2c(N)nc3ccccc3c2n1CCN)C(N)=O.Cl. The monoisotopic (exact) mass is 349 g/mol. The molecule has 2 aromatic heterocycles. The number of carbonyl (C=O) groups excluding carboxylic acids is 1. The Hall–Kier alpha value is -2.58. The zero-order valence-corrected chi connectivity index (χ0v) is 14.1. The van der Waals surface area contributed by atoms with Crippen LogP contribution in [0.5, 0.6) is 0 Å². The molecule has 2 amide bonds. The number of hydrogen-bond donors (Lipinski definition) is 3. The van der Waals surface area contributed by atoms with E-state index in [1.54, 1.807) is 7.05 Å². The number of nitrogens with zero attached hydrogens (tertiary/aromatic N) is 4. The summed E-state index contributed by atoms with van der Waals surface area (Å²) in [5.74, 6) is 1.04. The molecule has 0 bridgehead atoms. The average molecular weight is 350 g/mol. The van der Waals surface area contributed by atoms with Crippen molar-refractivity contribution < 1.29 is 4.79 Å². The van der Waals surface area contributed by atoms with Gasteiger partial charge < -0.3 is 26.7 Å². The molecule has 0 aliphatic carbocycles. The molecule has 9 heteroatoms. The first kappa shape index (κ1) is 17.8. The number of amides is 2. The molecule has 1 aromatic carbocycles. The Balaban J connectivity index is 0.00000208. The second-order valence-corrected chi connectivity index (χ2v) is 5.37. The van der Waals surface area contributed by atoms with Crippen LogP contribution in [-0.2, 0) is 13.1 Å². The van der Waals surface area contributed by atoms with Crippen molar-refractivity contribution in [1.82, 2.24) is 19.4 Å². The third kappa shape index (κ3) is 2.93. The van der Waals surface area contributed by atoms with Gasteiger partial charge in [0, 0.05) is 25.5 Å². The highest BCUT2D eigenvalue weighted by atomic mass is 35.5. The summed E-state index contributed by atoms with van der Waals surface area (Å²) in [7, 11) is 1.62. The molecule has 0 saturated carbocycles. The number of fused-ring (bicyclic) bond motifs is 3. The summed E-state index contributed by atoms with van der Waals surface area (Å²) >= 11 is 0. The maximum atomic E-state index is 11.3. The van der Waals surface area contributed by atoms with Crippen molar-refractivity contribution in [3.63, 3.8) is 0 Å². The zero-order chi connectivity index (χ0) is 16.6. The van der Waals surface area contributed by atoms with Gasteiger partial charge in [-0.25, -0.2) is 14.8 Å². The van der Waals surface area contributed by atoms with E-state index in [0.29, 0.717) is 30.2 Å². The Bertz CT molecular complexity index is 892. The molecular weight excluding hydrogens is 330 g/mol. The lowest BCUT2D eigenvalue weighted by Gasteiger charge is -2.15. The minimum absolute atomic E-state index is 0. The summed E-state index contributed by atoms with van der Waals surface area (Å²) in [4.78, 5) is 21.7. The van der Waals surface area contributed by atoms with E-state index < -0.39 is 6.03 Å². The van der Waals surface area contributed by atoms with Crippen LogP contribution in [0.15, 0.2) is 24.3 Å². The molecule has 8 nitrogen and oxygen atoms in total. The highest BCUT2D eigenvalue weighted by Crippen LogP contribution is 2.28. The van der Waals surface area contributed by atoms with Gasteiger partial charge in [0.15, 0.2) is 5.82 Å². The number of aromatic nitrogens is 3. The number of nitrogens with two attached hydrogens (primary N) is 3. The van der Waals surface area contributed by atoms with Crippen molar-refractivity contribution in [2.75, 3.05) is 19.3 Å². The first-order chi connectivity index (χ1) is 11.0. The topological polar surface area (TPSA) is 129 Å². The third-order valence-corrected chi connectivity index (χ3v) is 3.80. The lowest BCUT2D eigenvalue weighted by Crippen LogP contribution is -2.32. The molecule has 2 heterocycles. The lowest BCUT2D eigenvalue weighted by molar-refractivity contribution is 0.215. The summed E-state index contributed by atoms with van der Waals surface area (Å²) in [5, 5.41) is 0.950. The molecule has 0 spiro atoms. The predicted molar refractivity (Wildman–Crippen MR) is 96.8 cm³/mol. The van der Waals surface area contributed by atoms with E-state index in [1.165, 1.54) is 4.90 Å². The van der Waals surface area contributed by atoms with Crippen LogP contribution in [0.2, 0.25) is 0 Å². The number of nitrogen functional groups attached to an aromatic ring is 1. The maximum absolute atomic E-state index is 11.3. The smallest absolute Gasteiger partial charge is 0.314 e. The molecule has 0 radical (unpaired) electrons. The van der Waals surface area contributed by atoms with Gasteiger partial charge in [-0.1, -0.05) is 18.2 Å². The maximum Gasteiger partial charge on any atom is 0.314 e. The molecular formula is C15H20ClN7O. The van der Waals surface area contributed by atoms with Crippen molar-refractivity contribution in [3.05, 3.63) is 30.1 Å². The Morgan fingerprint density at radius 2 is 2.00 bits per heavy atom. The number of carbonyl (C=O) groups is 1. The second-order valence-electron chi connectivity index (χ2n) is 5.37. The summed E-state index contributed by atoms with van der Waals surface area (Å²) in [6, 6.07) is 7.20. The van der Waals surface area contributed by atoms with E-state index in [4.69, 9.17) is 17.2 Å². The van der Waals surface area contributed by atoms with E-state index in [1.807, 2.05) is 28.8 Å². The fourth-order valence-electron chi connectivity index (χ4n) is 2.69. The summed E-state index contributed by atoms with van der Waals surface area (Å²) in [6.07, 6.45) is 0. The molecule has 0 aliphatic heterocycles. The van der Waals surface area contributed by atoms with E-state index in [-0.39, 0.29) is 19.0 Å². The van der Waals surface area contributed by atoms with Crippen LogP contribution in [0.3, 0.4) is 0 Å². The molecule has 0 atom stereocenters. The van der Waals surface area contributed by atoms with Crippen molar-refractivity contribution in [2.45, 2.75) is 13.1 Å². The first-order valence-electron chi connectivity index (χ1n) is 7.27. The van der Waals surface area contributed by atoms with E-state index >= 15 is 0 Å². The Labute approximate surface area is 145 Å². The van der Waals surface area contributed by atoms with E-state index in [0.717, 1.165) is 16.4 Å². The largest absolute Gasteiger partial charge is 0.382 e. The molecule has 0 unspecified atom stereocenters. The van der Waals surface area contributed by atoms with Gasteiger partial charge in [0.2, 0.25) is 0 Å². The Kier molecular flexibility index (Phi) is 5.10. The average Bonchev–Trinajstić information content (AvgIpc) is 2.87. The number of imidazole rings is 1. The number of benzene rings is 1. The van der Waals surface area contributed by atoms with Gasteiger partial charge >= 0.3 is 6.03 Å². The fourth-order valence-corrected chi connectivity index (χ4v) is 2.69. The Morgan fingerprint density at radius 1 is 1.29 bits per heavy atom. The molecule has 0 fully saturated rings. The van der Waals surface area contributed by atoms with Crippen molar-refractivity contribution in [2.24, 2.45) is 11.5 Å². The van der Waals surface area contributed by atoms with Gasteiger partial charge in [0.25, 0.3) is 0 Å². The lowest BCUT2D eigenvalue weighted by atomic mass is 10.2. The van der Waals surface area contributed by atoms with E-state index in [9.17, 15) is 4.79 Å². The summed E-state index contributed by atoms with van der Waals surface area (Å²) in [5.41, 5.74) is 19.4. The molecule has 3 aromatic rings. The van der Waals surface area contributed by atoms with E-state index in [2.05, 4.69) is 9.97 Å². The Morgan fingerprint density at radius 3 is 2.67 bits per heavy atom. The molecule has 0 aliphatic rings. The van der Waals surface area contributed by atoms with Gasteiger partial charge in [0.05, 0.1) is 17.6 Å². The van der Waals surface area contributed by atoms with Crippen LogP contribution in [0.25, 0.3) is 21.9 Å². The molecule has 128 valence electrons. The zero-order valence-electron chi connectivity index (χ0n) is 13.3. The number of anilines is 1. The number of rotatable bonds is 4. The minimum atomic E-state index is -0.521. The van der Waals surface area contributed by atoms with Gasteiger partial charge in [-0.2, -0.15) is 0 Å². The number of pyridine rings is 1. The number of hydrogen-bond acceptors (Lipinski definition) is 5. The standard InChI is InChI=1S/C15H19N7O.ClH/c1-21(15(18)23)8-11-20-12-13(22(11)7-6-16)9-4-2-3-5-10(9)19-14(12)17;/h2-5H,6-8,16H2,1H3,(H2,17,19)(H2,18,23);1H. The third-order valence-electron chi connectivity index (χ3n) is 3.80. The highest BCUT2D eigenvalue weighted by Gasteiger charge is 2.18. The van der Waals surface area contributed by atoms with Crippen molar-refractivity contribution in [3.8, 4) is 0 Å². The quantitative estimate of drug-likeness (QED) is 0.648. The van der Waals surface area contributed by atoms with Crippen LogP contribution < -0.4 is 17.2 Å². The van der Waals surface area contributed by atoms with Crippen molar-refractivity contribution >= 4 is 46.2 Å². The molecule has 6 N–H and O–H groups in total. The van der Waals surface area contributed by atoms with Crippen LogP contribution in [0.1, 0.15) is 5.82 Å². The van der Waals surface area contributed by atoms with Gasteiger partial charge in [0.1, 0.15) is 11.3 Å². The second kappa shape index (κ2) is 6.90. The minimum Gasteiger partial charge on any atom is -0.382 e. The van der Waals surface area contributed by atoms with Crippen LogP contribution >= 0.6 is 12.4 Å². The number of primary amides is 1. The molecule has 24 heavy (non-hydrogen) atoms. The van der Waals surface area contributed by atoms with Crippen LogP contribution in [0.4, 0.5) is 10.6 Å². The number of urea groups is 1. The normalized spacial score (nSPS) is 10.8. The van der Waals surface area contributed by atoms with Gasteiger partial charge in [-0.3, -0.25) is 0 Å². The molecule has 3 rings (SSSR count). The number of halogens is 1. The first-order valence-corrected chi connectivity index (χ1v) is 7.27. The van der Waals surface area contributed by atoms with Crippen LogP contribution in [0, 0.1) is 0 Å².